The van der Waals surface area contributed by atoms with Crippen LogP contribution in [0, 0.1) is 0 Å². The van der Waals surface area contributed by atoms with Crippen LogP contribution in [0.4, 0.5) is 5.69 Å². The number of aromatic nitrogens is 2. The molecule has 0 aliphatic heterocycles. The number of hydrogen-bond donors (Lipinski definition) is 0. The summed E-state index contributed by atoms with van der Waals surface area (Å²) in [7, 11) is 1.58. The van der Waals surface area contributed by atoms with Gasteiger partial charge < -0.3 is 9.64 Å². The van der Waals surface area contributed by atoms with Crippen LogP contribution >= 0.6 is 23.4 Å². The molecule has 1 atom stereocenters. The molecule has 1 amide bonds. The van der Waals surface area contributed by atoms with Crippen molar-refractivity contribution < 1.29 is 9.53 Å². The molecule has 2 aromatic carbocycles. The van der Waals surface area contributed by atoms with Gasteiger partial charge in [-0.2, -0.15) is 0 Å². The number of nitrogens with zero attached hydrogens (tertiary/aromatic N) is 3. The van der Waals surface area contributed by atoms with Gasteiger partial charge in [-0.15, -0.1) is 0 Å². The number of halogens is 1. The summed E-state index contributed by atoms with van der Waals surface area (Å²) in [5.74, 6) is -0.0487. The van der Waals surface area contributed by atoms with Crippen LogP contribution in [0.5, 0.6) is 0 Å². The number of benzene rings is 2. The van der Waals surface area contributed by atoms with Gasteiger partial charge in [-0.05, 0) is 44.2 Å². The highest BCUT2D eigenvalue weighted by atomic mass is 35.5. The Balaban J connectivity index is 1.96. The van der Waals surface area contributed by atoms with E-state index in [-0.39, 0.29) is 11.5 Å². The largest absolute Gasteiger partial charge is 0.383 e. The van der Waals surface area contributed by atoms with Crippen LogP contribution in [0.25, 0.3) is 10.9 Å². The van der Waals surface area contributed by atoms with Crippen LogP contribution in [0.2, 0.25) is 5.02 Å². The van der Waals surface area contributed by atoms with E-state index >= 15 is 0 Å². The molecule has 0 spiro atoms. The summed E-state index contributed by atoms with van der Waals surface area (Å²) in [6, 6.07) is 14.5. The fourth-order valence-corrected chi connectivity index (χ4v) is 4.31. The molecule has 3 aromatic rings. The third kappa shape index (κ3) is 4.86. The zero-order chi connectivity index (χ0) is 21.7. The highest BCUT2D eigenvalue weighted by molar-refractivity contribution is 8.00. The summed E-state index contributed by atoms with van der Waals surface area (Å²) >= 11 is 7.36. The summed E-state index contributed by atoms with van der Waals surface area (Å²) in [5, 5.41) is 1.02. The molecule has 158 valence electrons. The molecule has 0 bridgehead atoms. The molecule has 8 heteroatoms. The molecular formula is C22H24ClN3O3S. The van der Waals surface area contributed by atoms with Crippen molar-refractivity contribution in [3.8, 4) is 0 Å². The van der Waals surface area contributed by atoms with E-state index in [1.165, 1.54) is 11.8 Å². The molecule has 0 fully saturated rings. The molecule has 6 nitrogen and oxygen atoms in total. The van der Waals surface area contributed by atoms with Crippen LogP contribution in [0.3, 0.4) is 0 Å². The molecule has 1 unspecified atom stereocenters. The highest BCUT2D eigenvalue weighted by Gasteiger charge is 2.24. The molecule has 0 aliphatic carbocycles. The van der Waals surface area contributed by atoms with Crippen LogP contribution in [0.1, 0.15) is 13.8 Å². The standard InChI is InChI=1S/C22H24ClN3O3S/c1-4-25(17-8-6-5-7-9-17)20(27)15(2)30-22-24-19-14-16(23)10-11-18(19)21(28)26(22)12-13-29-3/h5-11,14-15H,4,12-13H2,1-3H3. The van der Waals surface area contributed by atoms with Crippen LogP contribution in [-0.2, 0) is 16.1 Å². The third-order valence-electron chi connectivity index (χ3n) is 4.68. The van der Waals surface area contributed by atoms with Crippen molar-refractivity contribution in [1.82, 2.24) is 9.55 Å². The number of carbonyl (C=O) groups is 1. The van der Waals surface area contributed by atoms with Gasteiger partial charge in [-0.25, -0.2) is 4.98 Å². The lowest BCUT2D eigenvalue weighted by Crippen LogP contribution is -2.37. The molecule has 0 radical (unpaired) electrons. The van der Waals surface area contributed by atoms with Gasteiger partial charge in [0.1, 0.15) is 0 Å². The van der Waals surface area contributed by atoms with Crippen molar-refractivity contribution in [2.24, 2.45) is 0 Å². The summed E-state index contributed by atoms with van der Waals surface area (Å²) in [6.07, 6.45) is 0. The first-order chi connectivity index (χ1) is 14.5. The van der Waals surface area contributed by atoms with Crippen molar-refractivity contribution in [1.29, 1.82) is 0 Å². The van der Waals surface area contributed by atoms with Gasteiger partial charge in [-0.3, -0.25) is 14.2 Å². The van der Waals surface area contributed by atoms with Crippen molar-refractivity contribution >= 4 is 45.9 Å². The molecule has 0 saturated heterocycles. The number of thioether (sulfide) groups is 1. The maximum atomic E-state index is 13.2. The number of carbonyl (C=O) groups excluding carboxylic acids is 1. The molecule has 0 aliphatic rings. The minimum absolute atomic E-state index is 0.0487. The first-order valence-corrected chi connectivity index (χ1v) is 10.9. The second-order valence-corrected chi connectivity index (χ2v) is 8.43. The fraction of sp³-hybridized carbons (Fsp3) is 0.318. The SMILES string of the molecule is CCN(C(=O)C(C)Sc1nc2cc(Cl)ccc2c(=O)n1CCOC)c1ccccc1. The number of para-hydroxylation sites is 1. The van der Waals surface area contributed by atoms with Gasteiger partial charge in [0, 0.05) is 24.4 Å². The Morgan fingerprint density at radius 1 is 1.27 bits per heavy atom. The number of anilines is 1. The lowest BCUT2D eigenvalue weighted by Gasteiger charge is -2.24. The Morgan fingerprint density at radius 2 is 2.00 bits per heavy atom. The second kappa shape index (κ2) is 10.1. The van der Waals surface area contributed by atoms with Crippen LogP contribution < -0.4 is 10.5 Å². The van der Waals surface area contributed by atoms with E-state index in [0.717, 1.165) is 5.69 Å². The van der Waals surface area contributed by atoms with Crippen molar-refractivity contribution in [2.45, 2.75) is 30.8 Å². The van der Waals surface area contributed by atoms with E-state index < -0.39 is 5.25 Å². The normalized spacial score (nSPS) is 12.1. The maximum Gasteiger partial charge on any atom is 0.262 e. The first-order valence-electron chi connectivity index (χ1n) is 9.68. The van der Waals surface area contributed by atoms with E-state index in [1.807, 2.05) is 44.2 Å². The predicted octanol–water partition coefficient (Wildman–Crippen LogP) is 4.23. The number of methoxy groups -OCH3 is 1. The van der Waals surface area contributed by atoms with Crippen LogP contribution in [-0.4, -0.2) is 41.0 Å². The fourth-order valence-electron chi connectivity index (χ4n) is 3.15. The van der Waals surface area contributed by atoms with Crippen LogP contribution in [0.15, 0.2) is 58.5 Å². The third-order valence-corrected chi connectivity index (χ3v) is 5.99. The van der Waals surface area contributed by atoms with Crippen molar-refractivity contribution in [2.75, 3.05) is 25.2 Å². The van der Waals surface area contributed by atoms with Gasteiger partial charge in [0.2, 0.25) is 5.91 Å². The zero-order valence-electron chi connectivity index (χ0n) is 17.2. The highest BCUT2D eigenvalue weighted by Crippen LogP contribution is 2.26. The van der Waals surface area contributed by atoms with E-state index in [9.17, 15) is 9.59 Å². The number of ether oxygens (including phenoxy) is 1. The Labute approximate surface area is 184 Å². The predicted molar refractivity (Wildman–Crippen MR) is 123 cm³/mol. The van der Waals surface area contributed by atoms with Crippen molar-refractivity contribution in [3.63, 3.8) is 0 Å². The lowest BCUT2D eigenvalue weighted by atomic mass is 10.2. The zero-order valence-corrected chi connectivity index (χ0v) is 18.7. The maximum absolute atomic E-state index is 13.2. The Kier molecular flexibility index (Phi) is 7.53. The van der Waals surface area contributed by atoms with E-state index in [2.05, 4.69) is 4.98 Å². The molecule has 1 heterocycles. The molecular weight excluding hydrogens is 422 g/mol. The molecule has 30 heavy (non-hydrogen) atoms. The average molecular weight is 446 g/mol. The lowest BCUT2D eigenvalue weighted by molar-refractivity contribution is -0.117. The number of amides is 1. The minimum Gasteiger partial charge on any atom is -0.383 e. The molecule has 3 rings (SSSR count). The Bertz CT molecular complexity index is 1090. The van der Waals surface area contributed by atoms with E-state index in [1.54, 1.807) is 34.8 Å². The number of rotatable bonds is 8. The summed E-state index contributed by atoms with van der Waals surface area (Å²) in [6.45, 7) is 5.02. The number of fused-ring (bicyclic) bond motifs is 1. The Hall–Kier alpha value is -2.35. The van der Waals surface area contributed by atoms with Gasteiger partial charge in [0.25, 0.3) is 5.56 Å². The van der Waals surface area contributed by atoms with Gasteiger partial charge in [0.05, 0.1) is 29.3 Å². The summed E-state index contributed by atoms with van der Waals surface area (Å²) < 4.78 is 6.72. The monoisotopic (exact) mass is 445 g/mol. The summed E-state index contributed by atoms with van der Waals surface area (Å²) in [4.78, 5) is 32.6. The van der Waals surface area contributed by atoms with Gasteiger partial charge in [-0.1, -0.05) is 41.6 Å². The molecule has 0 saturated carbocycles. The Morgan fingerprint density at radius 3 is 2.67 bits per heavy atom. The molecule has 0 N–H and O–H groups in total. The average Bonchev–Trinajstić information content (AvgIpc) is 2.74. The second-order valence-electron chi connectivity index (χ2n) is 6.68. The number of hydrogen-bond acceptors (Lipinski definition) is 5. The van der Waals surface area contributed by atoms with E-state index in [0.29, 0.717) is 40.8 Å². The minimum atomic E-state index is -0.442. The van der Waals surface area contributed by atoms with E-state index in [4.69, 9.17) is 16.3 Å². The summed E-state index contributed by atoms with van der Waals surface area (Å²) in [5.41, 5.74) is 1.18. The first kappa shape index (κ1) is 22.3. The van der Waals surface area contributed by atoms with Crippen molar-refractivity contribution in [3.05, 3.63) is 63.9 Å². The topological polar surface area (TPSA) is 64.4 Å². The quantitative estimate of drug-likeness (QED) is 0.383. The van der Waals surface area contributed by atoms with Gasteiger partial charge >= 0.3 is 0 Å². The smallest absolute Gasteiger partial charge is 0.262 e. The molecule has 1 aromatic heterocycles. The van der Waals surface area contributed by atoms with Gasteiger partial charge in [0.15, 0.2) is 5.16 Å².